The van der Waals surface area contributed by atoms with Crippen molar-refractivity contribution in [3.8, 4) is 0 Å². The maximum atomic E-state index is 12.4. The van der Waals surface area contributed by atoms with E-state index in [0.29, 0.717) is 12.1 Å². The van der Waals surface area contributed by atoms with E-state index in [4.69, 9.17) is 5.73 Å². The second kappa shape index (κ2) is 5.34. The smallest absolute Gasteiger partial charge is 0.399 e. The summed E-state index contributed by atoms with van der Waals surface area (Å²) < 4.78 is 37.2. The second-order valence-electron chi connectivity index (χ2n) is 4.44. The Hall–Kier alpha value is -1.97. The summed E-state index contributed by atoms with van der Waals surface area (Å²) >= 11 is 0. The molecule has 0 saturated heterocycles. The minimum atomic E-state index is -4.27. The van der Waals surface area contributed by atoms with Gasteiger partial charge in [0.05, 0.1) is 5.56 Å². The van der Waals surface area contributed by atoms with Crippen LogP contribution in [0.15, 0.2) is 48.5 Å². The van der Waals surface area contributed by atoms with Crippen LogP contribution in [0.3, 0.4) is 0 Å². The lowest BCUT2D eigenvalue weighted by Crippen LogP contribution is -2.04. The fourth-order valence-electron chi connectivity index (χ4n) is 1.90. The summed E-state index contributed by atoms with van der Waals surface area (Å²) in [6.07, 6.45) is -2.82. The van der Waals surface area contributed by atoms with E-state index in [0.717, 1.165) is 29.7 Å². The molecule has 0 aromatic heterocycles. The maximum Gasteiger partial charge on any atom is 0.416 e. The molecule has 19 heavy (non-hydrogen) atoms. The minimum Gasteiger partial charge on any atom is -0.399 e. The molecule has 0 aliphatic carbocycles. The molecule has 0 amide bonds. The van der Waals surface area contributed by atoms with Gasteiger partial charge in [-0.05, 0) is 48.2 Å². The summed E-state index contributed by atoms with van der Waals surface area (Å²) in [5.74, 6) is 0. The lowest BCUT2D eigenvalue weighted by Gasteiger charge is -2.08. The molecule has 1 nitrogen and oxygen atoms in total. The van der Waals surface area contributed by atoms with Crippen LogP contribution < -0.4 is 5.73 Å². The average molecular weight is 265 g/mol. The Morgan fingerprint density at radius 3 is 2.05 bits per heavy atom. The van der Waals surface area contributed by atoms with Crippen molar-refractivity contribution in [1.29, 1.82) is 0 Å². The van der Waals surface area contributed by atoms with Gasteiger partial charge in [-0.2, -0.15) is 13.2 Å². The van der Waals surface area contributed by atoms with Crippen LogP contribution in [0.4, 0.5) is 18.9 Å². The lowest BCUT2D eigenvalue weighted by atomic mass is 10.0. The Kier molecular flexibility index (Phi) is 3.79. The summed E-state index contributed by atoms with van der Waals surface area (Å²) in [7, 11) is 0. The molecule has 0 bridgehead atoms. The molecule has 0 atom stereocenters. The van der Waals surface area contributed by atoms with Gasteiger partial charge in [0.25, 0.3) is 0 Å². The highest BCUT2D eigenvalue weighted by Gasteiger charge is 2.29. The van der Waals surface area contributed by atoms with Crippen LogP contribution in [0.2, 0.25) is 0 Å². The number of hydrogen-bond donors (Lipinski definition) is 1. The van der Waals surface area contributed by atoms with Gasteiger partial charge in [-0.15, -0.1) is 0 Å². The molecule has 2 aromatic carbocycles. The van der Waals surface area contributed by atoms with Gasteiger partial charge in [0.2, 0.25) is 0 Å². The molecule has 0 spiro atoms. The molecule has 0 aliphatic heterocycles. The number of hydrogen-bond acceptors (Lipinski definition) is 1. The van der Waals surface area contributed by atoms with Crippen LogP contribution in [-0.2, 0) is 19.0 Å². The Morgan fingerprint density at radius 1 is 0.842 bits per heavy atom. The lowest BCUT2D eigenvalue weighted by molar-refractivity contribution is -0.137. The fourth-order valence-corrected chi connectivity index (χ4v) is 1.90. The van der Waals surface area contributed by atoms with E-state index in [9.17, 15) is 13.2 Å². The van der Waals surface area contributed by atoms with E-state index < -0.39 is 11.7 Å². The third-order valence-electron chi connectivity index (χ3n) is 2.93. The summed E-state index contributed by atoms with van der Waals surface area (Å²) in [4.78, 5) is 0. The van der Waals surface area contributed by atoms with Crippen molar-refractivity contribution >= 4 is 5.69 Å². The molecule has 0 fully saturated rings. The maximum absolute atomic E-state index is 12.4. The van der Waals surface area contributed by atoms with Gasteiger partial charge in [-0.1, -0.05) is 24.3 Å². The van der Waals surface area contributed by atoms with Crippen molar-refractivity contribution in [3.63, 3.8) is 0 Å². The second-order valence-corrected chi connectivity index (χ2v) is 4.44. The van der Waals surface area contributed by atoms with Crippen LogP contribution in [0.5, 0.6) is 0 Å². The first-order chi connectivity index (χ1) is 8.95. The van der Waals surface area contributed by atoms with Gasteiger partial charge < -0.3 is 5.73 Å². The van der Waals surface area contributed by atoms with Crippen molar-refractivity contribution in [1.82, 2.24) is 0 Å². The zero-order valence-corrected chi connectivity index (χ0v) is 10.2. The fraction of sp³-hybridized carbons (Fsp3) is 0.200. The van der Waals surface area contributed by atoms with Gasteiger partial charge in [-0.25, -0.2) is 0 Å². The summed E-state index contributed by atoms with van der Waals surface area (Å²) in [6, 6.07) is 12.8. The Morgan fingerprint density at radius 2 is 1.47 bits per heavy atom. The van der Waals surface area contributed by atoms with Crippen molar-refractivity contribution < 1.29 is 13.2 Å². The number of rotatable bonds is 3. The summed E-state index contributed by atoms with van der Waals surface area (Å²) in [6.45, 7) is 0. The molecule has 100 valence electrons. The predicted molar refractivity (Wildman–Crippen MR) is 69.7 cm³/mol. The van der Waals surface area contributed by atoms with E-state index in [1.165, 1.54) is 12.1 Å². The summed E-state index contributed by atoms with van der Waals surface area (Å²) in [5.41, 5.74) is 7.73. The number of halogens is 3. The van der Waals surface area contributed by atoms with Crippen molar-refractivity contribution in [2.45, 2.75) is 19.0 Å². The Balaban J connectivity index is 2.01. The molecular formula is C15H14F3N. The molecule has 0 radical (unpaired) electrons. The van der Waals surface area contributed by atoms with Crippen LogP contribution >= 0.6 is 0 Å². The minimum absolute atomic E-state index is 0.611. The Labute approximate surface area is 109 Å². The van der Waals surface area contributed by atoms with E-state index in [1.807, 2.05) is 24.3 Å². The SMILES string of the molecule is Nc1cccc(CCc2ccc(C(F)(F)F)cc2)c1. The normalized spacial score (nSPS) is 11.5. The van der Waals surface area contributed by atoms with Gasteiger partial charge in [0.1, 0.15) is 0 Å². The van der Waals surface area contributed by atoms with Crippen LogP contribution in [0.25, 0.3) is 0 Å². The highest BCUT2D eigenvalue weighted by molar-refractivity contribution is 5.40. The van der Waals surface area contributed by atoms with Crippen LogP contribution in [-0.4, -0.2) is 0 Å². The topological polar surface area (TPSA) is 26.0 Å². The molecular weight excluding hydrogens is 251 g/mol. The molecule has 0 saturated carbocycles. The molecule has 2 N–H and O–H groups in total. The van der Waals surface area contributed by atoms with Gasteiger partial charge in [0, 0.05) is 5.69 Å². The summed E-state index contributed by atoms with van der Waals surface area (Å²) in [5, 5.41) is 0. The molecule has 0 unspecified atom stereocenters. The third-order valence-corrected chi connectivity index (χ3v) is 2.93. The number of nitrogens with two attached hydrogens (primary N) is 1. The largest absolute Gasteiger partial charge is 0.416 e. The average Bonchev–Trinajstić information content (AvgIpc) is 2.36. The molecule has 2 aromatic rings. The van der Waals surface area contributed by atoms with E-state index in [1.54, 1.807) is 0 Å². The monoisotopic (exact) mass is 265 g/mol. The molecule has 0 aliphatic rings. The zero-order chi connectivity index (χ0) is 13.9. The number of aryl methyl sites for hydroxylation is 2. The van der Waals surface area contributed by atoms with Crippen LogP contribution in [0.1, 0.15) is 16.7 Å². The van der Waals surface area contributed by atoms with Crippen molar-refractivity contribution in [2.75, 3.05) is 5.73 Å². The number of nitrogen functional groups attached to an aromatic ring is 1. The van der Waals surface area contributed by atoms with Crippen molar-refractivity contribution in [3.05, 3.63) is 65.2 Å². The highest BCUT2D eigenvalue weighted by atomic mass is 19.4. The zero-order valence-electron chi connectivity index (χ0n) is 10.2. The third kappa shape index (κ3) is 3.74. The van der Waals surface area contributed by atoms with Gasteiger partial charge >= 0.3 is 6.18 Å². The quantitative estimate of drug-likeness (QED) is 0.832. The van der Waals surface area contributed by atoms with E-state index >= 15 is 0 Å². The molecule has 2 rings (SSSR count). The highest BCUT2D eigenvalue weighted by Crippen LogP contribution is 2.29. The van der Waals surface area contributed by atoms with Gasteiger partial charge in [-0.3, -0.25) is 0 Å². The Bertz CT molecular complexity index is 544. The first kappa shape index (κ1) is 13.5. The molecule has 4 heteroatoms. The molecule has 0 heterocycles. The number of anilines is 1. The van der Waals surface area contributed by atoms with E-state index in [-0.39, 0.29) is 0 Å². The first-order valence-corrected chi connectivity index (χ1v) is 5.96. The standard InChI is InChI=1S/C15H14F3N/c16-15(17,18)13-8-6-11(7-9-13)4-5-12-2-1-3-14(19)10-12/h1-3,6-10H,4-5,19H2. The number of alkyl halides is 3. The number of benzene rings is 2. The van der Waals surface area contributed by atoms with Crippen molar-refractivity contribution in [2.24, 2.45) is 0 Å². The first-order valence-electron chi connectivity index (χ1n) is 5.96. The predicted octanol–water partition coefficient (Wildman–Crippen LogP) is 4.07. The van der Waals surface area contributed by atoms with E-state index in [2.05, 4.69) is 0 Å². The van der Waals surface area contributed by atoms with Gasteiger partial charge in [0.15, 0.2) is 0 Å². The van der Waals surface area contributed by atoms with Crippen LogP contribution in [0, 0.1) is 0 Å².